The number of aliphatic carboxylic acids is 1. The molecule has 0 radical (unpaired) electrons. The average molecular weight is 216 g/mol. The van der Waals surface area contributed by atoms with Crippen LogP contribution in [0.25, 0.3) is 0 Å². The first-order chi connectivity index (χ1) is 6.70. The summed E-state index contributed by atoms with van der Waals surface area (Å²) in [5, 5.41) is 9.48. The predicted molar refractivity (Wildman–Crippen MR) is 60.7 cm³/mol. The predicted octanol–water partition coefficient (Wildman–Crippen LogP) is 3.16. The lowest BCUT2D eigenvalue weighted by Gasteiger charge is -2.14. The Morgan fingerprint density at radius 1 is 1.36 bits per heavy atom. The lowest BCUT2D eigenvalue weighted by Crippen LogP contribution is -2.14. The average Bonchev–Trinajstić information content (AvgIpc) is 2.42. The van der Waals surface area contributed by atoms with E-state index in [4.69, 9.17) is 5.11 Å². The number of rotatable bonds is 4. The zero-order valence-electron chi connectivity index (χ0n) is 8.87. The van der Waals surface area contributed by atoms with Gasteiger partial charge >= 0.3 is 5.97 Å². The van der Waals surface area contributed by atoms with Crippen molar-refractivity contribution in [1.82, 2.24) is 0 Å². The van der Waals surface area contributed by atoms with Crippen molar-refractivity contribution in [3.63, 3.8) is 0 Å². The maximum absolute atomic E-state index is 10.6. The summed E-state index contributed by atoms with van der Waals surface area (Å²) in [5.74, 6) is -0.0747. The van der Waals surface area contributed by atoms with E-state index in [1.54, 1.807) is 6.92 Å². The standard InChI is InChI=1S/C11H20O2S/c1-9(11(12)13)8-14-10-6-4-2-3-5-7-10/h9-10H,2-8H2,1H3,(H,12,13). The van der Waals surface area contributed by atoms with Crippen LogP contribution in [0.2, 0.25) is 0 Å². The van der Waals surface area contributed by atoms with Crippen LogP contribution in [0.15, 0.2) is 0 Å². The van der Waals surface area contributed by atoms with Crippen LogP contribution < -0.4 is 0 Å². The summed E-state index contributed by atoms with van der Waals surface area (Å²) in [6.07, 6.45) is 7.98. The van der Waals surface area contributed by atoms with Crippen molar-refractivity contribution < 1.29 is 9.90 Å². The van der Waals surface area contributed by atoms with Gasteiger partial charge in [0, 0.05) is 11.0 Å². The lowest BCUT2D eigenvalue weighted by molar-refractivity contribution is -0.140. The molecular weight excluding hydrogens is 196 g/mol. The first kappa shape index (κ1) is 11.9. The van der Waals surface area contributed by atoms with Crippen LogP contribution in [0, 0.1) is 5.92 Å². The molecule has 0 aliphatic heterocycles. The molecule has 3 heteroatoms. The van der Waals surface area contributed by atoms with Gasteiger partial charge in [-0.25, -0.2) is 0 Å². The number of thioether (sulfide) groups is 1. The van der Waals surface area contributed by atoms with E-state index < -0.39 is 5.97 Å². The molecule has 1 N–H and O–H groups in total. The smallest absolute Gasteiger partial charge is 0.307 e. The van der Waals surface area contributed by atoms with E-state index in [2.05, 4.69) is 0 Å². The van der Waals surface area contributed by atoms with Crippen molar-refractivity contribution in [1.29, 1.82) is 0 Å². The van der Waals surface area contributed by atoms with Crippen molar-refractivity contribution in [3.05, 3.63) is 0 Å². The van der Waals surface area contributed by atoms with E-state index in [0.29, 0.717) is 0 Å². The van der Waals surface area contributed by atoms with Crippen LogP contribution in [-0.2, 0) is 4.79 Å². The summed E-state index contributed by atoms with van der Waals surface area (Å²) in [6.45, 7) is 1.80. The summed E-state index contributed by atoms with van der Waals surface area (Å²) in [6, 6.07) is 0. The number of carbonyl (C=O) groups is 1. The Morgan fingerprint density at radius 3 is 2.43 bits per heavy atom. The number of carboxylic acids is 1. The molecule has 0 aromatic rings. The molecule has 1 fully saturated rings. The molecule has 0 spiro atoms. The third-order valence-electron chi connectivity index (χ3n) is 2.81. The van der Waals surface area contributed by atoms with Gasteiger partial charge in [0.15, 0.2) is 0 Å². The van der Waals surface area contributed by atoms with Gasteiger partial charge in [0.1, 0.15) is 0 Å². The molecule has 0 saturated heterocycles. The van der Waals surface area contributed by atoms with E-state index in [1.807, 2.05) is 11.8 Å². The molecule has 0 aromatic carbocycles. The number of hydrogen-bond donors (Lipinski definition) is 1. The molecule has 1 aliphatic carbocycles. The van der Waals surface area contributed by atoms with E-state index in [0.717, 1.165) is 11.0 Å². The van der Waals surface area contributed by atoms with E-state index in [9.17, 15) is 4.79 Å². The van der Waals surface area contributed by atoms with Crippen molar-refractivity contribution in [2.75, 3.05) is 5.75 Å². The molecular formula is C11H20O2S. The lowest BCUT2D eigenvalue weighted by atomic mass is 10.2. The minimum Gasteiger partial charge on any atom is -0.481 e. The Kier molecular flexibility index (Phi) is 5.38. The fourth-order valence-corrected chi connectivity index (χ4v) is 3.13. The van der Waals surface area contributed by atoms with E-state index in [1.165, 1.54) is 38.5 Å². The Balaban J connectivity index is 2.18. The van der Waals surface area contributed by atoms with Crippen LogP contribution in [-0.4, -0.2) is 22.1 Å². The topological polar surface area (TPSA) is 37.3 Å². The first-order valence-electron chi connectivity index (χ1n) is 5.54. The fraction of sp³-hybridized carbons (Fsp3) is 0.909. The van der Waals surface area contributed by atoms with Gasteiger partial charge in [-0.1, -0.05) is 32.6 Å². The van der Waals surface area contributed by atoms with Crippen LogP contribution in [0.3, 0.4) is 0 Å². The molecule has 1 rings (SSSR count). The second kappa shape index (κ2) is 6.33. The minimum absolute atomic E-state index is 0.191. The van der Waals surface area contributed by atoms with Crippen LogP contribution in [0.5, 0.6) is 0 Å². The highest BCUT2D eigenvalue weighted by molar-refractivity contribution is 7.99. The zero-order valence-corrected chi connectivity index (χ0v) is 9.68. The molecule has 0 amide bonds. The maximum atomic E-state index is 10.6. The fourth-order valence-electron chi connectivity index (χ4n) is 1.76. The van der Waals surface area contributed by atoms with Gasteiger partial charge in [0.25, 0.3) is 0 Å². The van der Waals surface area contributed by atoms with Gasteiger partial charge < -0.3 is 5.11 Å². The Labute approximate surface area is 90.5 Å². The highest BCUT2D eigenvalue weighted by Gasteiger charge is 2.16. The normalized spacial score (nSPS) is 21.5. The van der Waals surface area contributed by atoms with Gasteiger partial charge in [-0.2, -0.15) is 11.8 Å². The Hall–Kier alpha value is -0.180. The largest absolute Gasteiger partial charge is 0.481 e. The molecule has 2 nitrogen and oxygen atoms in total. The summed E-state index contributed by atoms with van der Waals surface area (Å²) in [4.78, 5) is 10.6. The summed E-state index contributed by atoms with van der Waals surface area (Å²) < 4.78 is 0. The van der Waals surface area contributed by atoms with Crippen molar-refractivity contribution in [3.8, 4) is 0 Å². The van der Waals surface area contributed by atoms with Crippen LogP contribution >= 0.6 is 11.8 Å². The first-order valence-corrected chi connectivity index (χ1v) is 6.59. The van der Waals surface area contributed by atoms with Gasteiger partial charge in [0.2, 0.25) is 0 Å². The highest BCUT2D eigenvalue weighted by Crippen LogP contribution is 2.28. The van der Waals surface area contributed by atoms with Gasteiger partial charge in [-0.15, -0.1) is 0 Å². The van der Waals surface area contributed by atoms with Gasteiger partial charge in [0.05, 0.1) is 5.92 Å². The third kappa shape index (κ3) is 4.36. The third-order valence-corrected chi connectivity index (χ3v) is 4.44. The highest BCUT2D eigenvalue weighted by atomic mass is 32.2. The SMILES string of the molecule is CC(CSC1CCCCCC1)C(=O)O. The minimum atomic E-state index is -0.661. The molecule has 1 unspecified atom stereocenters. The summed E-state index contributed by atoms with van der Waals surface area (Å²) >= 11 is 1.87. The monoisotopic (exact) mass is 216 g/mol. The Morgan fingerprint density at radius 2 is 1.93 bits per heavy atom. The summed E-state index contributed by atoms with van der Waals surface area (Å²) in [5.41, 5.74) is 0. The van der Waals surface area contributed by atoms with Crippen molar-refractivity contribution in [2.45, 2.75) is 50.7 Å². The quantitative estimate of drug-likeness (QED) is 0.733. The molecule has 0 heterocycles. The molecule has 0 bridgehead atoms. The second-order valence-electron chi connectivity index (χ2n) is 4.19. The van der Waals surface area contributed by atoms with Crippen molar-refractivity contribution >= 4 is 17.7 Å². The van der Waals surface area contributed by atoms with E-state index in [-0.39, 0.29) is 5.92 Å². The zero-order chi connectivity index (χ0) is 10.4. The second-order valence-corrected chi connectivity index (χ2v) is 5.52. The molecule has 1 aliphatic rings. The van der Waals surface area contributed by atoms with Gasteiger partial charge in [-0.05, 0) is 12.8 Å². The Bertz CT molecular complexity index is 174. The molecule has 14 heavy (non-hydrogen) atoms. The molecule has 1 atom stereocenters. The van der Waals surface area contributed by atoms with Crippen molar-refractivity contribution in [2.24, 2.45) is 5.92 Å². The number of carboxylic acid groups (broad SMARTS) is 1. The maximum Gasteiger partial charge on any atom is 0.307 e. The van der Waals surface area contributed by atoms with Crippen LogP contribution in [0.1, 0.15) is 45.4 Å². The molecule has 1 saturated carbocycles. The van der Waals surface area contributed by atoms with Gasteiger partial charge in [-0.3, -0.25) is 4.79 Å². The molecule has 82 valence electrons. The number of hydrogen-bond acceptors (Lipinski definition) is 2. The van der Waals surface area contributed by atoms with E-state index >= 15 is 0 Å². The van der Waals surface area contributed by atoms with Crippen LogP contribution in [0.4, 0.5) is 0 Å². The summed E-state index contributed by atoms with van der Waals surface area (Å²) in [7, 11) is 0. The molecule has 0 aromatic heterocycles.